The van der Waals surface area contributed by atoms with E-state index in [1.54, 1.807) is 6.92 Å². The molecule has 1 unspecified atom stereocenters. The Morgan fingerprint density at radius 3 is 2.48 bits per heavy atom. The molecular formula is C22H23F3N2O2. The fourth-order valence-electron chi connectivity index (χ4n) is 2.86. The first-order valence-corrected chi connectivity index (χ1v) is 8.99. The van der Waals surface area contributed by atoms with Crippen LogP contribution in [0.3, 0.4) is 0 Å². The minimum Gasteiger partial charge on any atom is -0.477 e. The summed E-state index contributed by atoms with van der Waals surface area (Å²) in [6, 6.07) is 14.5. The predicted molar refractivity (Wildman–Crippen MR) is 106 cm³/mol. The Hall–Kier alpha value is -3.22. The highest BCUT2D eigenvalue weighted by atomic mass is 19.4. The van der Waals surface area contributed by atoms with E-state index in [9.17, 15) is 18.0 Å². The number of halogens is 3. The first kappa shape index (κ1) is 20.5. The van der Waals surface area contributed by atoms with Crippen LogP contribution in [0.15, 0.2) is 60.8 Å². The van der Waals surface area contributed by atoms with Gasteiger partial charge in [-0.15, -0.1) is 0 Å². The molecule has 0 aliphatic carbocycles. The molecule has 0 spiro atoms. The van der Waals surface area contributed by atoms with Crippen molar-refractivity contribution in [2.75, 3.05) is 6.61 Å². The van der Waals surface area contributed by atoms with Crippen LogP contribution in [0.4, 0.5) is 13.2 Å². The number of hydrogen-bond acceptors (Lipinski definition) is 4. The molecule has 3 rings (SSSR count). The summed E-state index contributed by atoms with van der Waals surface area (Å²) in [5.74, 6) is -0.879. The van der Waals surface area contributed by atoms with Gasteiger partial charge in [0, 0.05) is 32.3 Å². The Kier molecular flexibility index (Phi) is 5.96. The van der Waals surface area contributed by atoms with Crippen molar-refractivity contribution in [3.63, 3.8) is 0 Å². The molecule has 1 atom stereocenters. The quantitative estimate of drug-likeness (QED) is 0.494. The van der Waals surface area contributed by atoms with E-state index in [1.165, 1.54) is 18.3 Å². The van der Waals surface area contributed by atoms with Crippen LogP contribution < -0.4 is 4.74 Å². The van der Waals surface area contributed by atoms with Crippen LogP contribution in [-0.2, 0) is 6.18 Å². The van der Waals surface area contributed by atoms with Crippen molar-refractivity contribution < 1.29 is 25.6 Å². The number of ether oxygens (including phenoxy) is 1. The number of carbonyl (C=O) groups is 1. The molecule has 0 aliphatic heterocycles. The van der Waals surface area contributed by atoms with Gasteiger partial charge in [-0.05, 0) is 30.7 Å². The van der Waals surface area contributed by atoms with Gasteiger partial charge in [-0.3, -0.25) is 9.78 Å². The highest BCUT2D eigenvalue weighted by Crippen LogP contribution is 2.33. The zero-order valence-corrected chi connectivity index (χ0v) is 15.9. The maximum absolute atomic E-state index is 13.4. The van der Waals surface area contributed by atoms with Crippen LogP contribution >= 0.6 is 0 Å². The van der Waals surface area contributed by atoms with E-state index in [1.807, 2.05) is 37.3 Å². The molecule has 1 aromatic carbocycles. The van der Waals surface area contributed by atoms with Gasteiger partial charge in [0.1, 0.15) is 5.69 Å². The summed E-state index contributed by atoms with van der Waals surface area (Å²) < 4.78 is 45.9. The largest absolute Gasteiger partial charge is 0.477 e. The molecule has 7 heteroatoms. The molecule has 0 N–H and O–H groups in total. The summed E-state index contributed by atoms with van der Waals surface area (Å²) in [6.07, 6.45) is -3.25. The van der Waals surface area contributed by atoms with Crippen molar-refractivity contribution >= 4 is 5.78 Å². The fourth-order valence-corrected chi connectivity index (χ4v) is 2.86. The van der Waals surface area contributed by atoms with E-state index in [-0.39, 0.29) is 26.8 Å². The van der Waals surface area contributed by atoms with Gasteiger partial charge in [0.05, 0.1) is 12.2 Å². The molecule has 0 radical (unpaired) electrons. The average Bonchev–Trinajstić information content (AvgIpc) is 2.71. The summed E-state index contributed by atoms with van der Waals surface area (Å²) in [5.41, 5.74) is -0.369. The number of carbonyl (C=O) groups excluding carboxylic acids is 1. The molecule has 0 amide bonds. The zero-order valence-electron chi connectivity index (χ0n) is 15.9. The highest BCUT2D eigenvalue weighted by Gasteiger charge is 2.37. The van der Waals surface area contributed by atoms with E-state index in [0.29, 0.717) is 5.69 Å². The number of ketones is 1. The van der Waals surface area contributed by atoms with Gasteiger partial charge in [0.2, 0.25) is 11.7 Å². The molecule has 0 fully saturated rings. The molecular weight excluding hydrogens is 381 g/mol. The lowest BCUT2D eigenvalue weighted by molar-refractivity contribution is -0.138. The lowest BCUT2D eigenvalue weighted by Gasteiger charge is -2.16. The Bertz CT molecular complexity index is 1020. The standard InChI is InChI=1S/C22H19F3N2O2.2H2/c1-14(16-7-4-3-5-8-16)13-29-19-11-10-18(22(23,24)25)20(27-19)21(28)17-9-6-12-26-15(17)2;;/h3-12,14H,13H2,1-2H3;2*1H. The van der Waals surface area contributed by atoms with Crippen molar-refractivity contribution in [2.45, 2.75) is 25.9 Å². The second-order valence-electron chi connectivity index (χ2n) is 6.63. The second-order valence-corrected chi connectivity index (χ2v) is 6.63. The SMILES string of the molecule is Cc1ncccc1C(=O)c1nc(OCC(C)c2ccccc2)ccc1C(F)(F)F.[HH].[HH]. The van der Waals surface area contributed by atoms with Crippen LogP contribution in [0.2, 0.25) is 0 Å². The van der Waals surface area contributed by atoms with Gasteiger partial charge >= 0.3 is 6.18 Å². The molecule has 0 saturated carbocycles. The topological polar surface area (TPSA) is 52.1 Å². The Morgan fingerprint density at radius 1 is 1.10 bits per heavy atom. The number of nitrogens with zero attached hydrogens (tertiary/aromatic N) is 2. The first-order valence-electron chi connectivity index (χ1n) is 8.99. The minimum atomic E-state index is -4.72. The van der Waals surface area contributed by atoms with Crippen LogP contribution in [0.5, 0.6) is 5.88 Å². The van der Waals surface area contributed by atoms with Crippen molar-refractivity contribution in [1.82, 2.24) is 9.97 Å². The molecule has 4 nitrogen and oxygen atoms in total. The number of benzene rings is 1. The third kappa shape index (κ3) is 4.80. The number of alkyl halides is 3. The Balaban J connectivity index is 0.00000240. The number of pyridine rings is 2. The molecule has 2 heterocycles. The number of hydrogen-bond donors (Lipinski definition) is 0. The lowest BCUT2D eigenvalue weighted by atomic mass is 10.0. The smallest absolute Gasteiger partial charge is 0.418 e. The van der Waals surface area contributed by atoms with Crippen molar-refractivity contribution in [2.24, 2.45) is 0 Å². The van der Waals surface area contributed by atoms with E-state index in [4.69, 9.17) is 4.74 Å². The summed E-state index contributed by atoms with van der Waals surface area (Å²) in [7, 11) is 0. The lowest BCUT2D eigenvalue weighted by Crippen LogP contribution is -2.18. The maximum atomic E-state index is 13.4. The van der Waals surface area contributed by atoms with Crippen LogP contribution in [-0.4, -0.2) is 22.4 Å². The monoisotopic (exact) mass is 404 g/mol. The summed E-state index contributed by atoms with van der Waals surface area (Å²) >= 11 is 0. The van der Waals surface area contributed by atoms with Crippen molar-refractivity contribution in [3.05, 3.63) is 88.9 Å². The van der Waals surface area contributed by atoms with Gasteiger partial charge in [0.25, 0.3) is 0 Å². The van der Waals surface area contributed by atoms with Gasteiger partial charge in [0.15, 0.2) is 0 Å². The molecule has 3 aromatic rings. The summed E-state index contributed by atoms with van der Waals surface area (Å²) in [6.45, 7) is 3.70. The van der Waals surface area contributed by atoms with E-state index in [2.05, 4.69) is 9.97 Å². The average molecular weight is 404 g/mol. The minimum absolute atomic E-state index is 0. The Morgan fingerprint density at radius 2 is 1.83 bits per heavy atom. The zero-order chi connectivity index (χ0) is 21.0. The number of rotatable bonds is 6. The molecule has 0 saturated heterocycles. The van der Waals surface area contributed by atoms with Crippen LogP contribution in [0.1, 0.15) is 48.6 Å². The fraction of sp³-hybridized carbons (Fsp3) is 0.227. The highest BCUT2D eigenvalue weighted by molar-refractivity contribution is 6.09. The molecule has 2 aromatic heterocycles. The number of aryl methyl sites for hydroxylation is 1. The van der Waals surface area contributed by atoms with Crippen molar-refractivity contribution in [1.29, 1.82) is 0 Å². The van der Waals surface area contributed by atoms with Gasteiger partial charge in [-0.1, -0.05) is 37.3 Å². The van der Waals surface area contributed by atoms with Crippen LogP contribution in [0, 0.1) is 6.92 Å². The number of aromatic nitrogens is 2. The summed E-state index contributed by atoms with van der Waals surface area (Å²) in [5, 5.41) is 0. The second kappa shape index (κ2) is 8.43. The normalized spacial score (nSPS) is 12.4. The summed E-state index contributed by atoms with van der Waals surface area (Å²) in [4.78, 5) is 20.7. The predicted octanol–water partition coefficient (Wildman–Crippen LogP) is 5.71. The molecule has 154 valence electrons. The van der Waals surface area contributed by atoms with E-state index < -0.39 is 23.2 Å². The third-order valence-electron chi connectivity index (χ3n) is 4.49. The molecule has 0 aliphatic rings. The van der Waals surface area contributed by atoms with Gasteiger partial charge in [-0.2, -0.15) is 13.2 Å². The van der Waals surface area contributed by atoms with Gasteiger partial charge < -0.3 is 4.74 Å². The Labute approximate surface area is 169 Å². The molecule has 29 heavy (non-hydrogen) atoms. The van der Waals surface area contributed by atoms with Gasteiger partial charge in [-0.25, -0.2) is 4.98 Å². The van der Waals surface area contributed by atoms with E-state index in [0.717, 1.165) is 17.7 Å². The van der Waals surface area contributed by atoms with E-state index >= 15 is 0 Å². The van der Waals surface area contributed by atoms with Crippen LogP contribution in [0.25, 0.3) is 0 Å². The van der Waals surface area contributed by atoms with Crippen molar-refractivity contribution in [3.8, 4) is 5.88 Å². The third-order valence-corrected chi connectivity index (χ3v) is 4.49. The maximum Gasteiger partial charge on any atom is 0.418 e. The first-order chi connectivity index (χ1) is 13.8. The molecule has 0 bridgehead atoms.